The predicted octanol–water partition coefficient (Wildman–Crippen LogP) is 3.32. The van der Waals surface area contributed by atoms with Crippen LogP contribution in [0.25, 0.3) is 0 Å². The maximum Gasteiger partial charge on any atom is 0.228 e. The van der Waals surface area contributed by atoms with Crippen LogP contribution in [-0.2, 0) is 11.2 Å². The predicted molar refractivity (Wildman–Crippen MR) is 69.9 cm³/mol. The molecule has 0 saturated heterocycles. The average molecular weight is 243 g/mol. The molecule has 0 radical (unpaired) electrons. The van der Waals surface area contributed by atoms with E-state index in [2.05, 4.69) is 5.32 Å². The van der Waals surface area contributed by atoms with Crippen LogP contribution in [0.2, 0.25) is 0 Å². The highest BCUT2D eigenvalue weighted by Gasteiger charge is 2.07. The summed E-state index contributed by atoms with van der Waals surface area (Å²) in [4.78, 5) is 11.8. The van der Waals surface area contributed by atoms with E-state index < -0.39 is 5.82 Å². The van der Waals surface area contributed by atoms with Gasteiger partial charge in [0.25, 0.3) is 0 Å². The third-order valence-electron chi connectivity index (χ3n) is 2.60. The summed E-state index contributed by atoms with van der Waals surface area (Å²) in [7, 11) is 0. The lowest BCUT2D eigenvalue weighted by Crippen LogP contribution is -2.15. The third-order valence-corrected chi connectivity index (χ3v) is 2.60. The molecule has 0 unspecified atom stereocenters. The number of amides is 1. The lowest BCUT2D eigenvalue weighted by atomic mass is 10.1. The zero-order chi connectivity index (χ0) is 13.0. The number of rotatable bonds is 3. The Morgan fingerprint density at radius 1 is 1.17 bits per heavy atom. The van der Waals surface area contributed by atoms with Crippen LogP contribution in [-0.4, -0.2) is 5.91 Å². The molecule has 2 rings (SSSR count). The van der Waals surface area contributed by atoms with Crippen molar-refractivity contribution >= 4 is 11.6 Å². The van der Waals surface area contributed by atoms with Gasteiger partial charge in [0.1, 0.15) is 5.82 Å². The second-order valence-electron chi connectivity index (χ2n) is 4.19. The van der Waals surface area contributed by atoms with Gasteiger partial charge in [0.05, 0.1) is 12.1 Å². The van der Waals surface area contributed by atoms with Crippen molar-refractivity contribution in [1.82, 2.24) is 0 Å². The molecule has 18 heavy (non-hydrogen) atoms. The van der Waals surface area contributed by atoms with E-state index in [1.807, 2.05) is 37.3 Å². The molecule has 0 spiro atoms. The van der Waals surface area contributed by atoms with Crippen LogP contribution >= 0.6 is 0 Å². The average Bonchev–Trinajstić information content (AvgIpc) is 2.35. The molecule has 2 aromatic rings. The minimum atomic E-state index is -0.415. The zero-order valence-corrected chi connectivity index (χ0v) is 10.1. The van der Waals surface area contributed by atoms with Gasteiger partial charge in [-0.25, -0.2) is 4.39 Å². The van der Waals surface area contributed by atoms with E-state index in [0.717, 1.165) is 11.1 Å². The molecule has 0 aliphatic rings. The van der Waals surface area contributed by atoms with Gasteiger partial charge in [-0.05, 0) is 30.2 Å². The highest BCUT2D eigenvalue weighted by Crippen LogP contribution is 2.16. The quantitative estimate of drug-likeness (QED) is 0.880. The van der Waals surface area contributed by atoms with Gasteiger partial charge in [-0.2, -0.15) is 0 Å². The molecule has 92 valence electrons. The summed E-state index contributed by atoms with van der Waals surface area (Å²) in [5.41, 5.74) is 2.05. The fraction of sp³-hybridized carbons (Fsp3) is 0.133. The Kier molecular flexibility index (Phi) is 3.72. The molecule has 0 heterocycles. The van der Waals surface area contributed by atoms with E-state index in [1.54, 1.807) is 12.1 Å². The SMILES string of the molecule is Cc1ccc(F)c(NC(=O)Cc2ccccc2)c1. The Morgan fingerprint density at radius 3 is 2.61 bits per heavy atom. The Morgan fingerprint density at radius 2 is 1.89 bits per heavy atom. The van der Waals surface area contributed by atoms with Crippen LogP contribution in [0.15, 0.2) is 48.5 Å². The summed E-state index contributed by atoms with van der Waals surface area (Å²) in [6, 6.07) is 14.0. The van der Waals surface area contributed by atoms with Crippen molar-refractivity contribution in [2.24, 2.45) is 0 Å². The van der Waals surface area contributed by atoms with E-state index in [1.165, 1.54) is 6.07 Å². The fourth-order valence-electron chi connectivity index (χ4n) is 1.71. The molecule has 0 atom stereocenters. The van der Waals surface area contributed by atoms with E-state index in [4.69, 9.17) is 0 Å². The van der Waals surface area contributed by atoms with Gasteiger partial charge in [-0.1, -0.05) is 36.4 Å². The lowest BCUT2D eigenvalue weighted by molar-refractivity contribution is -0.115. The number of carbonyl (C=O) groups excluding carboxylic acids is 1. The monoisotopic (exact) mass is 243 g/mol. The first kappa shape index (κ1) is 12.3. The summed E-state index contributed by atoms with van der Waals surface area (Å²) in [5, 5.41) is 2.59. The van der Waals surface area contributed by atoms with Gasteiger partial charge in [0.15, 0.2) is 0 Å². The summed E-state index contributed by atoms with van der Waals surface area (Å²) in [6.07, 6.45) is 0.244. The highest BCUT2D eigenvalue weighted by molar-refractivity contribution is 5.92. The number of halogens is 1. The van der Waals surface area contributed by atoms with Crippen LogP contribution < -0.4 is 5.32 Å². The van der Waals surface area contributed by atoms with Crippen molar-refractivity contribution in [3.05, 3.63) is 65.5 Å². The number of hydrogen-bond donors (Lipinski definition) is 1. The van der Waals surface area contributed by atoms with Crippen LogP contribution in [0.5, 0.6) is 0 Å². The van der Waals surface area contributed by atoms with Crippen molar-refractivity contribution in [3.63, 3.8) is 0 Å². The van der Waals surface area contributed by atoms with E-state index in [0.29, 0.717) is 0 Å². The van der Waals surface area contributed by atoms with Crippen molar-refractivity contribution in [2.45, 2.75) is 13.3 Å². The first-order valence-corrected chi connectivity index (χ1v) is 5.75. The smallest absolute Gasteiger partial charge is 0.228 e. The number of anilines is 1. The minimum Gasteiger partial charge on any atom is -0.323 e. The number of carbonyl (C=O) groups is 1. The third kappa shape index (κ3) is 3.17. The van der Waals surface area contributed by atoms with Gasteiger partial charge in [0, 0.05) is 0 Å². The first-order chi connectivity index (χ1) is 8.65. The summed E-state index contributed by atoms with van der Waals surface area (Å²) in [5.74, 6) is -0.632. The van der Waals surface area contributed by atoms with Crippen molar-refractivity contribution in [2.75, 3.05) is 5.32 Å². The summed E-state index contributed by atoms with van der Waals surface area (Å²) < 4.78 is 13.5. The maximum atomic E-state index is 13.5. The second kappa shape index (κ2) is 5.45. The molecule has 0 saturated carbocycles. The van der Waals surface area contributed by atoms with Crippen molar-refractivity contribution in [1.29, 1.82) is 0 Å². The number of aryl methyl sites for hydroxylation is 1. The van der Waals surface area contributed by atoms with Gasteiger partial charge in [0.2, 0.25) is 5.91 Å². The van der Waals surface area contributed by atoms with E-state index in [9.17, 15) is 9.18 Å². The molecule has 1 amide bonds. The van der Waals surface area contributed by atoms with Gasteiger partial charge in [-0.3, -0.25) is 4.79 Å². The number of hydrogen-bond acceptors (Lipinski definition) is 1. The largest absolute Gasteiger partial charge is 0.323 e. The molecule has 3 heteroatoms. The molecule has 1 N–H and O–H groups in total. The molecule has 0 bridgehead atoms. The molecular weight excluding hydrogens is 229 g/mol. The van der Waals surface area contributed by atoms with Crippen molar-refractivity contribution < 1.29 is 9.18 Å². The van der Waals surface area contributed by atoms with Crippen molar-refractivity contribution in [3.8, 4) is 0 Å². The molecule has 2 aromatic carbocycles. The zero-order valence-electron chi connectivity index (χ0n) is 10.1. The number of benzene rings is 2. The fourth-order valence-corrected chi connectivity index (χ4v) is 1.71. The van der Waals surface area contributed by atoms with Crippen LogP contribution in [0.4, 0.5) is 10.1 Å². The second-order valence-corrected chi connectivity index (χ2v) is 4.19. The maximum absolute atomic E-state index is 13.5. The topological polar surface area (TPSA) is 29.1 Å². The Hall–Kier alpha value is -2.16. The highest BCUT2D eigenvalue weighted by atomic mass is 19.1. The normalized spacial score (nSPS) is 10.1. The van der Waals surface area contributed by atoms with Crippen LogP contribution in [0.1, 0.15) is 11.1 Å². The molecule has 0 aromatic heterocycles. The van der Waals surface area contributed by atoms with Gasteiger partial charge >= 0.3 is 0 Å². The lowest BCUT2D eigenvalue weighted by Gasteiger charge is -2.07. The first-order valence-electron chi connectivity index (χ1n) is 5.75. The Labute approximate surface area is 105 Å². The molecule has 0 fully saturated rings. The van der Waals surface area contributed by atoms with Crippen LogP contribution in [0.3, 0.4) is 0 Å². The van der Waals surface area contributed by atoms with Crippen LogP contribution in [0, 0.1) is 12.7 Å². The Balaban J connectivity index is 2.05. The Bertz CT molecular complexity index is 552. The molecular formula is C15H14FNO. The standard InChI is InChI=1S/C15H14FNO/c1-11-7-8-13(16)14(9-11)17-15(18)10-12-5-3-2-4-6-12/h2-9H,10H2,1H3,(H,17,18). The van der Waals surface area contributed by atoms with E-state index in [-0.39, 0.29) is 18.0 Å². The minimum absolute atomic E-state index is 0.217. The number of nitrogens with one attached hydrogen (secondary N) is 1. The molecule has 2 nitrogen and oxygen atoms in total. The summed E-state index contributed by atoms with van der Waals surface area (Å²) in [6.45, 7) is 1.85. The molecule has 0 aliphatic carbocycles. The van der Waals surface area contributed by atoms with E-state index >= 15 is 0 Å². The summed E-state index contributed by atoms with van der Waals surface area (Å²) >= 11 is 0. The molecule has 0 aliphatic heterocycles. The van der Waals surface area contributed by atoms with Gasteiger partial charge in [-0.15, -0.1) is 0 Å². The van der Waals surface area contributed by atoms with Gasteiger partial charge < -0.3 is 5.32 Å².